The Kier molecular flexibility index (Phi) is 7.05. The molecule has 0 amide bonds. The number of benzene rings is 1. The summed E-state index contributed by atoms with van der Waals surface area (Å²) < 4.78 is 59.7. The van der Waals surface area contributed by atoms with Gasteiger partial charge in [-0.2, -0.15) is 4.39 Å². The second kappa shape index (κ2) is 9.31. The molecule has 1 saturated heterocycles. The molecule has 1 aromatic rings. The lowest BCUT2D eigenvalue weighted by Gasteiger charge is -2.40. The Bertz CT molecular complexity index is 663. The fourth-order valence-electron chi connectivity index (χ4n) is 4.24. The number of hydrogen-bond acceptors (Lipinski definition) is 3. The maximum Gasteiger partial charge on any atom is 0.200 e. The van der Waals surface area contributed by atoms with E-state index in [2.05, 4.69) is 6.58 Å². The highest BCUT2D eigenvalue weighted by Crippen LogP contribution is 2.41. The van der Waals surface area contributed by atoms with Crippen LogP contribution < -0.4 is 4.74 Å². The molecule has 2 fully saturated rings. The first-order chi connectivity index (χ1) is 13.5. The van der Waals surface area contributed by atoms with Crippen LogP contribution in [0.3, 0.4) is 0 Å². The summed E-state index contributed by atoms with van der Waals surface area (Å²) in [7, 11) is 0. The average molecular weight is 398 g/mol. The molecule has 28 heavy (non-hydrogen) atoms. The van der Waals surface area contributed by atoms with Gasteiger partial charge >= 0.3 is 0 Å². The van der Waals surface area contributed by atoms with Crippen molar-refractivity contribution in [3.05, 3.63) is 42.0 Å². The number of rotatable bonds is 7. The van der Waals surface area contributed by atoms with Gasteiger partial charge in [-0.05, 0) is 49.7 Å². The summed E-state index contributed by atoms with van der Waals surface area (Å²) in [6.07, 6.45) is 5.24. The van der Waals surface area contributed by atoms with Crippen LogP contribution in [0.2, 0.25) is 0 Å². The summed E-state index contributed by atoms with van der Waals surface area (Å²) in [6, 6.07) is 3.09. The minimum atomic E-state index is -1.39. The first kappa shape index (κ1) is 21.2. The van der Waals surface area contributed by atoms with Gasteiger partial charge in [0.1, 0.15) is 6.61 Å². The molecule has 0 atom stereocenters. The molecule has 2 aliphatic rings. The molecule has 0 unspecified atom stereocenters. The van der Waals surface area contributed by atoms with Crippen LogP contribution in [-0.4, -0.2) is 31.8 Å². The maximum absolute atomic E-state index is 14.5. The van der Waals surface area contributed by atoms with Crippen molar-refractivity contribution in [3.63, 3.8) is 0 Å². The summed E-state index contributed by atoms with van der Waals surface area (Å²) in [5.74, 6) is -1.78. The van der Waals surface area contributed by atoms with Gasteiger partial charge in [0, 0.05) is 5.92 Å². The normalized spacial score (nSPS) is 30.8. The lowest BCUT2D eigenvalue weighted by atomic mass is 9.78. The minimum absolute atomic E-state index is 0.0526. The van der Waals surface area contributed by atoms with Gasteiger partial charge in [-0.15, -0.1) is 0 Å². The minimum Gasteiger partial charge on any atom is -0.486 e. The number of halogens is 3. The molecule has 0 radical (unpaired) electrons. The highest BCUT2D eigenvalue weighted by atomic mass is 19.2. The van der Waals surface area contributed by atoms with Gasteiger partial charge in [0.05, 0.1) is 13.2 Å². The SMILES string of the molecule is C=CCOc1ccc(C2CCC(C3OCC(F)(CCC)CO3)CC2)c(F)c1F. The summed E-state index contributed by atoms with van der Waals surface area (Å²) in [6.45, 7) is 5.70. The Morgan fingerprint density at radius 1 is 1.14 bits per heavy atom. The zero-order chi connectivity index (χ0) is 20.1. The second-order valence-corrected chi connectivity index (χ2v) is 7.88. The van der Waals surface area contributed by atoms with E-state index in [0.717, 1.165) is 19.3 Å². The van der Waals surface area contributed by atoms with Crippen molar-refractivity contribution >= 4 is 0 Å². The summed E-state index contributed by atoms with van der Waals surface area (Å²) in [4.78, 5) is 0. The molecule has 1 aliphatic carbocycles. The quantitative estimate of drug-likeness (QED) is 0.553. The predicted molar refractivity (Wildman–Crippen MR) is 101 cm³/mol. The maximum atomic E-state index is 14.5. The van der Waals surface area contributed by atoms with E-state index in [9.17, 15) is 13.2 Å². The van der Waals surface area contributed by atoms with Crippen LogP contribution in [-0.2, 0) is 9.47 Å². The first-order valence-electron chi connectivity index (χ1n) is 10.1. The topological polar surface area (TPSA) is 27.7 Å². The average Bonchev–Trinajstić information content (AvgIpc) is 2.70. The number of alkyl halides is 1. The molecule has 0 N–H and O–H groups in total. The van der Waals surface area contributed by atoms with Crippen molar-refractivity contribution in [1.82, 2.24) is 0 Å². The zero-order valence-corrected chi connectivity index (χ0v) is 16.4. The summed E-state index contributed by atoms with van der Waals surface area (Å²) >= 11 is 0. The largest absolute Gasteiger partial charge is 0.486 e. The van der Waals surface area contributed by atoms with Crippen molar-refractivity contribution in [2.24, 2.45) is 5.92 Å². The Morgan fingerprint density at radius 3 is 2.43 bits per heavy atom. The van der Waals surface area contributed by atoms with Crippen LogP contribution in [0.15, 0.2) is 24.8 Å². The lowest BCUT2D eigenvalue weighted by molar-refractivity contribution is -0.257. The van der Waals surface area contributed by atoms with Gasteiger partial charge in [0.2, 0.25) is 5.82 Å². The molecule has 156 valence electrons. The van der Waals surface area contributed by atoms with Crippen molar-refractivity contribution < 1.29 is 27.4 Å². The monoisotopic (exact) mass is 398 g/mol. The molecule has 0 spiro atoms. The molecule has 0 aromatic heterocycles. The van der Waals surface area contributed by atoms with Crippen molar-refractivity contribution in [1.29, 1.82) is 0 Å². The van der Waals surface area contributed by atoms with E-state index in [1.165, 1.54) is 12.1 Å². The molecule has 1 aromatic carbocycles. The van der Waals surface area contributed by atoms with Crippen LogP contribution in [0.25, 0.3) is 0 Å². The molecule has 1 heterocycles. The number of hydrogen-bond donors (Lipinski definition) is 0. The van der Waals surface area contributed by atoms with E-state index in [4.69, 9.17) is 14.2 Å². The van der Waals surface area contributed by atoms with Crippen LogP contribution in [0.4, 0.5) is 13.2 Å². The smallest absolute Gasteiger partial charge is 0.200 e. The molecular formula is C22H29F3O3. The van der Waals surface area contributed by atoms with E-state index < -0.39 is 23.6 Å². The van der Waals surface area contributed by atoms with Crippen molar-refractivity contribution in [3.8, 4) is 5.75 Å². The van der Waals surface area contributed by atoms with Crippen molar-refractivity contribution in [2.75, 3.05) is 19.8 Å². The molecule has 3 rings (SSSR count). The van der Waals surface area contributed by atoms with Crippen LogP contribution in [0, 0.1) is 17.6 Å². The van der Waals surface area contributed by atoms with E-state index >= 15 is 0 Å². The zero-order valence-electron chi connectivity index (χ0n) is 16.4. The number of ether oxygens (including phenoxy) is 3. The molecule has 1 aliphatic heterocycles. The van der Waals surface area contributed by atoms with E-state index in [1.54, 1.807) is 6.07 Å². The lowest BCUT2D eigenvalue weighted by Crippen LogP contribution is -2.46. The van der Waals surface area contributed by atoms with E-state index in [0.29, 0.717) is 24.8 Å². The molecule has 6 heteroatoms. The fraction of sp³-hybridized carbons (Fsp3) is 0.636. The third-order valence-electron chi connectivity index (χ3n) is 5.74. The Morgan fingerprint density at radius 2 is 1.82 bits per heavy atom. The van der Waals surface area contributed by atoms with Crippen LogP contribution >= 0.6 is 0 Å². The Balaban J connectivity index is 1.56. The highest BCUT2D eigenvalue weighted by molar-refractivity contribution is 5.33. The van der Waals surface area contributed by atoms with Crippen LogP contribution in [0.5, 0.6) is 5.75 Å². The molecular weight excluding hydrogens is 369 g/mol. The Labute approximate surface area is 164 Å². The van der Waals surface area contributed by atoms with Gasteiger partial charge in [0.15, 0.2) is 23.5 Å². The summed E-state index contributed by atoms with van der Waals surface area (Å²) in [5.41, 5.74) is -1.00. The summed E-state index contributed by atoms with van der Waals surface area (Å²) in [5, 5.41) is 0. The molecule has 1 saturated carbocycles. The van der Waals surface area contributed by atoms with Crippen LogP contribution in [0.1, 0.15) is 56.9 Å². The third-order valence-corrected chi connectivity index (χ3v) is 5.74. The fourth-order valence-corrected chi connectivity index (χ4v) is 4.24. The first-order valence-corrected chi connectivity index (χ1v) is 10.1. The third kappa shape index (κ3) is 4.71. The van der Waals surface area contributed by atoms with Gasteiger partial charge in [-0.3, -0.25) is 0 Å². The van der Waals surface area contributed by atoms with E-state index in [-0.39, 0.29) is 37.4 Å². The molecule has 0 bridgehead atoms. The Hall–Kier alpha value is -1.53. The van der Waals surface area contributed by atoms with Gasteiger partial charge in [-0.25, -0.2) is 8.78 Å². The predicted octanol–water partition coefficient (Wildman–Crippen LogP) is 5.68. The van der Waals surface area contributed by atoms with Gasteiger partial charge < -0.3 is 14.2 Å². The standard InChI is InChI=1S/C22H29F3O3/c1-3-11-22(25)13-27-21(28-14-22)16-7-5-15(6-8-16)17-9-10-18(26-12-4-2)20(24)19(17)23/h4,9-10,15-16,21H,2-3,5-8,11-14H2,1H3. The van der Waals surface area contributed by atoms with E-state index in [1.807, 2.05) is 6.92 Å². The second-order valence-electron chi connectivity index (χ2n) is 7.88. The van der Waals surface area contributed by atoms with Crippen molar-refractivity contribution in [2.45, 2.75) is 63.3 Å². The highest BCUT2D eigenvalue weighted by Gasteiger charge is 2.40. The molecule has 3 nitrogen and oxygen atoms in total. The van der Waals surface area contributed by atoms with Gasteiger partial charge in [0.25, 0.3) is 0 Å². The van der Waals surface area contributed by atoms with Gasteiger partial charge in [-0.1, -0.05) is 32.1 Å².